The van der Waals surface area contributed by atoms with Crippen LogP contribution in [0, 0.1) is 6.92 Å². The first-order chi connectivity index (χ1) is 15.1. The molecule has 5 aromatic rings. The Bertz CT molecular complexity index is 1420. The van der Waals surface area contributed by atoms with Crippen molar-refractivity contribution >= 4 is 33.2 Å². The number of nitrogens with zero attached hydrogens (tertiary/aromatic N) is 5. The van der Waals surface area contributed by atoms with Crippen molar-refractivity contribution in [2.24, 2.45) is 0 Å². The number of carbonyl (C=O) groups excluding carboxylic acids is 1. The zero-order valence-corrected chi connectivity index (χ0v) is 17.9. The van der Waals surface area contributed by atoms with E-state index in [0.717, 1.165) is 32.8 Å². The molecule has 4 heterocycles. The first-order valence-electron chi connectivity index (χ1n) is 9.61. The summed E-state index contributed by atoms with van der Waals surface area (Å²) in [6.45, 7) is 3.98. The van der Waals surface area contributed by atoms with Crippen LogP contribution in [0.15, 0.2) is 36.7 Å². The molecule has 156 valence electrons. The zero-order chi connectivity index (χ0) is 21.5. The number of hydrogen-bond acceptors (Lipinski definition) is 8. The Hall–Kier alpha value is -3.79. The van der Waals surface area contributed by atoms with E-state index in [2.05, 4.69) is 20.3 Å². The normalized spacial score (nSPS) is 11.3. The van der Waals surface area contributed by atoms with Gasteiger partial charge in [0, 0.05) is 5.56 Å². The third-order valence-electron chi connectivity index (χ3n) is 4.93. The summed E-state index contributed by atoms with van der Waals surface area (Å²) in [5, 5.41) is 12.7. The van der Waals surface area contributed by atoms with Crippen LogP contribution in [-0.4, -0.2) is 49.5 Å². The topological polar surface area (TPSA) is 107 Å². The highest BCUT2D eigenvalue weighted by Gasteiger charge is 2.21. The quantitative estimate of drug-likeness (QED) is 0.418. The number of hydrogen-bond donors (Lipinski definition) is 1. The fourth-order valence-electron chi connectivity index (χ4n) is 3.39. The summed E-state index contributed by atoms with van der Waals surface area (Å²) in [6.07, 6.45) is 1.60. The van der Waals surface area contributed by atoms with Gasteiger partial charge in [-0.25, -0.2) is 19.3 Å². The van der Waals surface area contributed by atoms with Gasteiger partial charge >= 0.3 is 5.97 Å². The molecule has 5 rings (SSSR count). The molecule has 0 aliphatic rings. The number of esters is 1. The summed E-state index contributed by atoms with van der Waals surface area (Å²) in [4.78, 5) is 22.7. The Morgan fingerprint density at radius 1 is 1.26 bits per heavy atom. The standard InChI is InChI=1S/C21H18N6O3S/c1-4-30-21(28)17-11(2)16-19-23-18(26-27(19)10-22-20(16)31-17)15-9-14(24-25-15)12-5-7-13(29-3)8-6-12/h5-10H,4H2,1-3H3,(H,24,25). The first-order valence-corrected chi connectivity index (χ1v) is 10.4. The van der Waals surface area contributed by atoms with Crippen LogP contribution in [0.1, 0.15) is 22.2 Å². The molecule has 0 radical (unpaired) electrons. The number of H-pyrrole nitrogens is 1. The Balaban J connectivity index is 1.56. The second-order valence-corrected chi connectivity index (χ2v) is 7.80. The first kappa shape index (κ1) is 19.2. The number of benzene rings is 1. The number of methoxy groups -OCH3 is 1. The number of carbonyl (C=O) groups is 1. The Labute approximate surface area is 180 Å². The molecule has 0 bridgehead atoms. The molecular weight excluding hydrogens is 416 g/mol. The van der Waals surface area contributed by atoms with Crippen molar-refractivity contribution in [3.05, 3.63) is 47.1 Å². The molecule has 0 saturated carbocycles. The van der Waals surface area contributed by atoms with Gasteiger partial charge in [-0.05, 0) is 49.7 Å². The zero-order valence-electron chi connectivity index (χ0n) is 17.0. The SMILES string of the molecule is CCOC(=O)c1sc2ncn3nc(-c4cc(-c5ccc(OC)cc5)n[nH]4)nc3c2c1C. The summed E-state index contributed by atoms with van der Waals surface area (Å²) < 4.78 is 12.0. The van der Waals surface area contributed by atoms with E-state index in [1.54, 1.807) is 24.9 Å². The number of fused-ring (bicyclic) bond motifs is 3. The molecular formula is C21H18N6O3S. The van der Waals surface area contributed by atoms with Crippen LogP contribution < -0.4 is 4.74 Å². The van der Waals surface area contributed by atoms with E-state index in [9.17, 15) is 4.79 Å². The average molecular weight is 434 g/mol. The smallest absolute Gasteiger partial charge is 0.348 e. The number of aromatic amines is 1. The molecule has 0 amide bonds. The second-order valence-electron chi connectivity index (χ2n) is 6.80. The lowest BCUT2D eigenvalue weighted by molar-refractivity contribution is 0.0531. The van der Waals surface area contributed by atoms with Gasteiger partial charge in [-0.2, -0.15) is 5.10 Å². The molecule has 9 nitrogen and oxygen atoms in total. The molecule has 4 aromatic heterocycles. The van der Waals surface area contributed by atoms with Crippen LogP contribution in [0.2, 0.25) is 0 Å². The van der Waals surface area contributed by atoms with Gasteiger partial charge in [0.25, 0.3) is 0 Å². The summed E-state index contributed by atoms with van der Waals surface area (Å²) in [6, 6.07) is 9.54. The third kappa shape index (κ3) is 3.21. The fourth-order valence-corrected chi connectivity index (χ4v) is 4.42. The van der Waals surface area contributed by atoms with Crippen LogP contribution in [0.25, 0.3) is 38.6 Å². The third-order valence-corrected chi connectivity index (χ3v) is 6.11. The van der Waals surface area contributed by atoms with Crippen LogP contribution in [0.5, 0.6) is 5.75 Å². The van der Waals surface area contributed by atoms with E-state index >= 15 is 0 Å². The van der Waals surface area contributed by atoms with Gasteiger partial charge in [-0.1, -0.05) is 0 Å². The monoisotopic (exact) mass is 434 g/mol. The molecule has 10 heteroatoms. The number of nitrogens with one attached hydrogen (secondary N) is 1. The molecule has 0 aliphatic carbocycles. The van der Waals surface area contributed by atoms with Crippen molar-refractivity contribution in [3.63, 3.8) is 0 Å². The Kier molecular flexibility index (Phi) is 4.63. The van der Waals surface area contributed by atoms with Crippen molar-refractivity contribution in [1.29, 1.82) is 0 Å². The van der Waals surface area contributed by atoms with E-state index in [-0.39, 0.29) is 5.97 Å². The van der Waals surface area contributed by atoms with Gasteiger partial charge in [-0.15, -0.1) is 16.4 Å². The second kappa shape index (κ2) is 7.47. The van der Waals surface area contributed by atoms with Crippen molar-refractivity contribution in [1.82, 2.24) is 29.8 Å². The largest absolute Gasteiger partial charge is 0.497 e. The fraction of sp³-hybridized carbons (Fsp3) is 0.190. The molecule has 0 spiro atoms. The highest BCUT2D eigenvalue weighted by molar-refractivity contribution is 7.20. The summed E-state index contributed by atoms with van der Waals surface area (Å²) in [7, 11) is 1.63. The molecule has 0 saturated heterocycles. The average Bonchev–Trinajstić information content (AvgIpc) is 3.50. The van der Waals surface area contributed by atoms with E-state index in [0.29, 0.717) is 28.6 Å². The van der Waals surface area contributed by atoms with Gasteiger partial charge in [-0.3, -0.25) is 5.10 Å². The van der Waals surface area contributed by atoms with Gasteiger partial charge in [0.2, 0.25) is 0 Å². The van der Waals surface area contributed by atoms with Gasteiger partial charge in [0.1, 0.15) is 27.5 Å². The number of thiophene rings is 1. The van der Waals surface area contributed by atoms with Crippen molar-refractivity contribution < 1.29 is 14.3 Å². The molecule has 31 heavy (non-hydrogen) atoms. The van der Waals surface area contributed by atoms with Crippen molar-refractivity contribution in [2.75, 3.05) is 13.7 Å². The maximum Gasteiger partial charge on any atom is 0.348 e. The molecule has 0 aliphatic heterocycles. The molecule has 0 atom stereocenters. The van der Waals surface area contributed by atoms with Crippen LogP contribution in [0.4, 0.5) is 0 Å². The van der Waals surface area contributed by atoms with E-state index in [1.807, 2.05) is 37.3 Å². The number of ether oxygens (including phenoxy) is 2. The lowest BCUT2D eigenvalue weighted by atomic mass is 10.1. The lowest BCUT2D eigenvalue weighted by Crippen LogP contribution is -2.03. The molecule has 1 aromatic carbocycles. The Morgan fingerprint density at radius 2 is 2.06 bits per heavy atom. The minimum Gasteiger partial charge on any atom is -0.497 e. The number of aryl methyl sites for hydroxylation is 1. The molecule has 0 fully saturated rings. The molecule has 0 unspecified atom stereocenters. The number of aromatic nitrogens is 6. The maximum atomic E-state index is 12.3. The predicted molar refractivity (Wildman–Crippen MR) is 116 cm³/mol. The summed E-state index contributed by atoms with van der Waals surface area (Å²) in [5.74, 6) is 0.926. The highest BCUT2D eigenvalue weighted by Crippen LogP contribution is 2.33. The Morgan fingerprint density at radius 3 is 2.81 bits per heavy atom. The highest BCUT2D eigenvalue weighted by atomic mass is 32.1. The predicted octanol–water partition coefficient (Wildman–Crippen LogP) is 3.89. The van der Waals surface area contributed by atoms with Crippen LogP contribution in [0.3, 0.4) is 0 Å². The van der Waals surface area contributed by atoms with Gasteiger partial charge < -0.3 is 9.47 Å². The van der Waals surface area contributed by atoms with Gasteiger partial charge in [0.15, 0.2) is 11.5 Å². The van der Waals surface area contributed by atoms with E-state index in [4.69, 9.17) is 14.5 Å². The molecule has 1 N–H and O–H groups in total. The van der Waals surface area contributed by atoms with Crippen molar-refractivity contribution in [2.45, 2.75) is 13.8 Å². The van der Waals surface area contributed by atoms with E-state index < -0.39 is 0 Å². The number of rotatable bonds is 5. The maximum absolute atomic E-state index is 12.3. The van der Waals surface area contributed by atoms with Crippen molar-refractivity contribution in [3.8, 4) is 28.5 Å². The minimum absolute atomic E-state index is 0.320. The van der Waals surface area contributed by atoms with Crippen LogP contribution in [-0.2, 0) is 4.74 Å². The summed E-state index contributed by atoms with van der Waals surface area (Å²) in [5.41, 5.74) is 3.82. The minimum atomic E-state index is -0.349. The summed E-state index contributed by atoms with van der Waals surface area (Å²) >= 11 is 1.30. The van der Waals surface area contributed by atoms with Crippen LogP contribution >= 0.6 is 11.3 Å². The van der Waals surface area contributed by atoms with Gasteiger partial charge in [0.05, 0.1) is 24.8 Å². The lowest BCUT2D eigenvalue weighted by Gasteiger charge is -1.99. The van der Waals surface area contributed by atoms with E-state index in [1.165, 1.54) is 11.3 Å².